The third-order valence-corrected chi connectivity index (χ3v) is 7.69. The lowest BCUT2D eigenvalue weighted by molar-refractivity contribution is -0.134. The van der Waals surface area contributed by atoms with Crippen molar-refractivity contribution in [1.82, 2.24) is 19.4 Å². The van der Waals surface area contributed by atoms with Crippen molar-refractivity contribution in [2.24, 2.45) is 5.73 Å². The van der Waals surface area contributed by atoms with Gasteiger partial charge in [-0.1, -0.05) is 29.8 Å². The lowest BCUT2D eigenvalue weighted by atomic mass is 10.0. The van der Waals surface area contributed by atoms with Crippen LogP contribution in [-0.4, -0.2) is 44.7 Å². The van der Waals surface area contributed by atoms with Crippen molar-refractivity contribution in [3.05, 3.63) is 130 Å². The normalized spacial score (nSPS) is 14.1. The number of allylic oxidation sites excluding steroid dienone is 5. The van der Waals surface area contributed by atoms with Gasteiger partial charge in [0.2, 0.25) is 5.91 Å². The van der Waals surface area contributed by atoms with Crippen LogP contribution in [0, 0.1) is 0 Å². The minimum Gasteiger partial charge on any atom is -0.494 e. The molecule has 2 aromatic carbocycles. The molecule has 12 heteroatoms. The Morgan fingerprint density at radius 1 is 1.09 bits per heavy atom. The second kappa shape index (κ2) is 14.5. The number of nitrogens with zero attached hydrogens (tertiary/aromatic N) is 4. The van der Waals surface area contributed by atoms with Crippen LogP contribution in [0.1, 0.15) is 43.6 Å². The van der Waals surface area contributed by atoms with E-state index in [0.29, 0.717) is 40.6 Å². The van der Waals surface area contributed by atoms with Crippen LogP contribution in [0.15, 0.2) is 113 Å². The van der Waals surface area contributed by atoms with Gasteiger partial charge in [-0.25, -0.2) is 9.37 Å². The Morgan fingerprint density at radius 2 is 1.85 bits per heavy atom. The number of benzene rings is 2. The Balaban J connectivity index is 1.64. The van der Waals surface area contributed by atoms with Crippen molar-refractivity contribution >= 4 is 16.8 Å². The molecule has 1 amide bonds. The fourth-order valence-electron chi connectivity index (χ4n) is 5.46. The highest BCUT2D eigenvalue weighted by atomic mass is 19.4. The van der Waals surface area contributed by atoms with Gasteiger partial charge in [-0.05, 0) is 86.5 Å². The lowest BCUT2D eigenvalue weighted by Gasteiger charge is -2.33. The topological polar surface area (TPSA) is 103 Å². The predicted octanol–water partition coefficient (Wildman–Crippen LogP) is 6.66. The van der Waals surface area contributed by atoms with Gasteiger partial charge < -0.3 is 15.4 Å². The molecule has 1 unspecified atom stereocenters. The van der Waals surface area contributed by atoms with Gasteiger partial charge in [-0.15, -0.1) is 0 Å². The Morgan fingerprint density at radius 3 is 2.53 bits per heavy atom. The maximum atomic E-state index is 14.3. The zero-order valence-electron chi connectivity index (χ0n) is 25.6. The average molecular weight is 648 g/mol. The fraction of sp³-hybridized carbons (Fsp3) is 0.257. The molecule has 1 aliphatic rings. The number of nitrogens with two attached hydrogens (primary N) is 1. The first kappa shape index (κ1) is 33.3. The van der Waals surface area contributed by atoms with E-state index in [1.54, 1.807) is 73.1 Å². The number of pyridine rings is 1. The minimum atomic E-state index is -4.89. The molecule has 0 bridgehead atoms. The predicted molar refractivity (Wildman–Crippen MR) is 170 cm³/mol. The molecular weight excluding hydrogens is 614 g/mol. The molecule has 0 spiro atoms. The van der Waals surface area contributed by atoms with Gasteiger partial charge in [-0.3, -0.25) is 19.1 Å². The standard InChI is InChI=1S/C35H33F4N5O3/c1-2-47-26-13-11-25(12-14-26)44-33(42-30-8-4-3-7-27(30)34(44)46)31(17-18-40)43(22-24-6-5-19-41-21-24)32(45)20-23-9-15-28(35(37,38)39)29(36)16-10-23/h3-9,11-16,19,21,31H,2,10,17-18,20,22,40H2,1H3. The van der Waals surface area contributed by atoms with Crippen molar-refractivity contribution in [1.29, 1.82) is 0 Å². The largest absolute Gasteiger partial charge is 0.494 e. The summed E-state index contributed by atoms with van der Waals surface area (Å²) in [6.07, 6.45) is 0.586. The summed E-state index contributed by atoms with van der Waals surface area (Å²) >= 11 is 0. The highest BCUT2D eigenvalue weighted by Crippen LogP contribution is 2.35. The second-order valence-corrected chi connectivity index (χ2v) is 10.9. The number of alkyl halides is 3. The molecule has 0 fully saturated rings. The van der Waals surface area contributed by atoms with Crippen LogP contribution in [-0.2, 0) is 11.3 Å². The van der Waals surface area contributed by atoms with Crippen LogP contribution in [0.25, 0.3) is 16.6 Å². The van der Waals surface area contributed by atoms with Crippen molar-refractivity contribution in [2.75, 3.05) is 13.2 Å². The van der Waals surface area contributed by atoms with E-state index in [1.807, 2.05) is 6.92 Å². The summed E-state index contributed by atoms with van der Waals surface area (Å²) in [4.78, 5) is 38.9. The first-order chi connectivity index (χ1) is 22.6. The van der Waals surface area contributed by atoms with Crippen LogP contribution in [0.4, 0.5) is 17.6 Å². The van der Waals surface area contributed by atoms with E-state index in [2.05, 4.69) is 4.98 Å². The van der Waals surface area contributed by atoms with Gasteiger partial charge in [-0.2, -0.15) is 13.2 Å². The van der Waals surface area contributed by atoms with E-state index in [-0.39, 0.29) is 49.3 Å². The van der Waals surface area contributed by atoms with Gasteiger partial charge in [0.05, 0.1) is 34.8 Å². The molecule has 5 rings (SSSR count). The number of carbonyl (C=O) groups is 1. The van der Waals surface area contributed by atoms with Crippen molar-refractivity contribution in [3.8, 4) is 11.4 Å². The van der Waals surface area contributed by atoms with Gasteiger partial charge in [0.25, 0.3) is 5.56 Å². The number of para-hydroxylation sites is 1. The summed E-state index contributed by atoms with van der Waals surface area (Å²) in [5.74, 6) is -1.02. The Bertz CT molecular complexity index is 1880. The smallest absolute Gasteiger partial charge is 0.419 e. The zero-order valence-corrected chi connectivity index (χ0v) is 25.6. The quantitative estimate of drug-likeness (QED) is 0.183. The molecule has 2 aromatic heterocycles. The molecule has 1 atom stereocenters. The zero-order chi connectivity index (χ0) is 33.6. The minimum absolute atomic E-state index is 0.0322. The molecule has 8 nitrogen and oxygen atoms in total. The molecule has 4 aromatic rings. The number of fused-ring (bicyclic) bond motifs is 1. The highest BCUT2D eigenvalue weighted by molar-refractivity contribution is 5.80. The summed E-state index contributed by atoms with van der Waals surface area (Å²) in [6.45, 7) is 2.46. The molecule has 1 aliphatic carbocycles. The molecule has 0 aliphatic heterocycles. The molecule has 0 saturated heterocycles. The van der Waals surface area contributed by atoms with Gasteiger partial charge in [0.15, 0.2) is 0 Å². The van der Waals surface area contributed by atoms with E-state index in [4.69, 9.17) is 15.5 Å². The maximum Gasteiger partial charge on any atom is 0.419 e. The highest BCUT2D eigenvalue weighted by Gasteiger charge is 2.37. The van der Waals surface area contributed by atoms with E-state index < -0.39 is 29.5 Å². The molecule has 244 valence electrons. The molecule has 2 heterocycles. The van der Waals surface area contributed by atoms with Crippen LogP contribution in [0.3, 0.4) is 0 Å². The average Bonchev–Trinajstić information content (AvgIpc) is 3.24. The van der Waals surface area contributed by atoms with Crippen molar-refractivity contribution < 1.29 is 27.1 Å². The van der Waals surface area contributed by atoms with Gasteiger partial charge in [0.1, 0.15) is 17.4 Å². The Hall–Kier alpha value is -5.10. The first-order valence-electron chi connectivity index (χ1n) is 15.1. The molecule has 0 saturated carbocycles. The molecule has 47 heavy (non-hydrogen) atoms. The number of aromatic nitrogens is 3. The number of ether oxygens (including phenoxy) is 1. The number of carbonyl (C=O) groups excluding carboxylic acids is 1. The van der Waals surface area contributed by atoms with Crippen LogP contribution in [0.5, 0.6) is 5.75 Å². The first-order valence-corrected chi connectivity index (χ1v) is 15.1. The van der Waals surface area contributed by atoms with Crippen molar-refractivity contribution in [3.63, 3.8) is 0 Å². The lowest BCUT2D eigenvalue weighted by Crippen LogP contribution is -2.39. The maximum absolute atomic E-state index is 14.3. The molecule has 2 N–H and O–H groups in total. The summed E-state index contributed by atoms with van der Waals surface area (Å²) in [7, 11) is 0. The number of halogens is 4. The third kappa shape index (κ3) is 7.66. The van der Waals surface area contributed by atoms with E-state index in [0.717, 1.165) is 12.2 Å². The van der Waals surface area contributed by atoms with Gasteiger partial charge in [0, 0.05) is 25.4 Å². The molecular formula is C35H33F4N5O3. The van der Waals surface area contributed by atoms with Gasteiger partial charge >= 0.3 is 6.18 Å². The summed E-state index contributed by atoms with van der Waals surface area (Å²) in [5.41, 5.74) is 6.19. The van der Waals surface area contributed by atoms with E-state index in [1.165, 1.54) is 9.47 Å². The Labute approximate surface area is 268 Å². The SMILES string of the molecule is CCOc1ccc(-n2c(C(CCN)N(Cc3cccnc3)C(=O)CC3=CC=C(C(F)(F)F)C(F)=CC3)nc3ccccc3c2=O)cc1. The summed E-state index contributed by atoms with van der Waals surface area (Å²) in [6, 6.07) is 16.4. The van der Waals surface area contributed by atoms with E-state index in [9.17, 15) is 27.2 Å². The summed E-state index contributed by atoms with van der Waals surface area (Å²) in [5, 5.41) is 0.367. The molecule has 0 radical (unpaired) electrons. The monoisotopic (exact) mass is 647 g/mol. The number of hydrogen-bond donors (Lipinski definition) is 1. The number of hydrogen-bond acceptors (Lipinski definition) is 6. The fourth-order valence-corrected chi connectivity index (χ4v) is 5.46. The Kier molecular flexibility index (Phi) is 10.3. The second-order valence-electron chi connectivity index (χ2n) is 10.9. The third-order valence-electron chi connectivity index (χ3n) is 7.69. The number of rotatable bonds is 11. The van der Waals surface area contributed by atoms with Crippen molar-refractivity contribution in [2.45, 2.75) is 44.9 Å². The van der Waals surface area contributed by atoms with Crippen LogP contribution in [0.2, 0.25) is 0 Å². The number of amides is 1. The summed E-state index contributed by atoms with van der Waals surface area (Å²) < 4.78 is 61.5. The van der Waals surface area contributed by atoms with Crippen LogP contribution >= 0.6 is 0 Å². The van der Waals surface area contributed by atoms with Crippen LogP contribution < -0.4 is 16.0 Å². The van der Waals surface area contributed by atoms with E-state index >= 15 is 0 Å².